The summed E-state index contributed by atoms with van der Waals surface area (Å²) in [5.74, 6) is -0.394. The highest BCUT2D eigenvalue weighted by Gasteiger charge is 2.10. The van der Waals surface area contributed by atoms with E-state index in [9.17, 15) is 9.59 Å². The van der Waals surface area contributed by atoms with Crippen molar-refractivity contribution in [1.82, 2.24) is 10.2 Å². The number of aromatic amines is 1. The van der Waals surface area contributed by atoms with Crippen molar-refractivity contribution in [2.24, 2.45) is 0 Å². The largest absolute Gasteiger partial charge is 0.326 e. The standard InChI is InChI=1S/C14H16N4O2/c1-3-10-4-5-12(17-9(2)19)6-13(10)18-14(20)11-7-15-16-8-11/h4-8H,3H2,1-2H3,(H,15,16)(H,17,19)(H,18,20). The minimum absolute atomic E-state index is 0.152. The number of aryl methyl sites for hydroxylation is 1. The van der Waals surface area contributed by atoms with E-state index in [1.165, 1.54) is 19.3 Å². The number of hydrogen-bond donors (Lipinski definition) is 3. The Morgan fingerprint density at radius 3 is 2.70 bits per heavy atom. The zero-order valence-electron chi connectivity index (χ0n) is 11.4. The summed E-state index contributed by atoms with van der Waals surface area (Å²) in [6.45, 7) is 3.44. The van der Waals surface area contributed by atoms with Gasteiger partial charge < -0.3 is 10.6 Å². The van der Waals surface area contributed by atoms with E-state index in [-0.39, 0.29) is 11.8 Å². The SMILES string of the molecule is CCc1ccc(NC(C)=O)cc1NC(=O)c1cn[nH]c1. The Balaban J connectivity index is 2.24. The maximum atomic E-state index is 12.0. The van der Waals surface area contributed by atoms with Crippen molar-refractivity contribution in [3.63, 3.8) is 0 Å². The lowest BCUT2D eigenvalue weighted by Gasteiger charge is -2.11. The van der Waals surface area contributed by atoms with E-state index < -0.39 is 0 Å². The number of benzene rings is 1. The van der Waals surface area contributed by atoms with E-state index >= 15 is 0 Å². The molecule has 20 heavy (non-hydrogen) atoms. The van der Waals surface area contributed by atoms with Gasteiger partial charge in [-0.1, -0.05) is 13.0 Å². The number of H-pyrrole nitrogens is 1. The number of rotatable bonds is 4. The molecule has 0 fully saturated rings. The molecule has 0 saturated heterocycles. The smallest absolute Gasteiger partial charge is 0.258 e. The Morgan fingerprint density at radius 2 is 2.10 bits per heavy atom. The highest BCUT2D eigenvalue weighted by molar-refractivity contribution is 6.04. The van der Waals surface area contributed by atoms with Gasteiger partial charge in [-0.3, -0.25) is 14.7 Å². The molecule has 2 amide bonds. The highest BCUT2D eigenvalue weighted by Crippen LogP contribution is 2.22. The lowest BCUT2D eigenvalue weighted by molar-refractivity contribution is -0.114. The fourth-order valence-corrected chi connectivity index (χ4v) is 1.85. The number of nitrogens with one attached hydrogen (secondary N) is 3. The molecule has 0 spiro atoms. The van der Waals surface area contributed by atoms with Crippen LogP contribution in [-0.2, 0) is 11.2 Å². The van der Waals surface area contributed by atoms with Crippen LogP contribution in [0, 0.1) is 0 Å². The van der Waals surface area contributed by atoms with Gasteiger partial charge in [0.25, 0.3) is 5.91 Å². The normalized spacial score (nSPS) is 10.1. The first kappa shape index (κ1) is 13.8. The summed E-state index contributed by atoms with van der Waals surface area (Å²) in [6.07, 6.45) is 3.76. The molecule has 0 aliphatic carbocycles. The first-order valence-corrected chi connectivity index (χ1v) is 6.30. The summed E-state index contributed by atoms with van der Waals surface area (Å²) in [7, 11) is 0. The number of carbonyl (C=O) groups excluding carboxylic acids is 2. The lowest BCUT2D eigenvalue weighted by Crippen LogP contribution is -2.13. The number of nitrogens with zero attached hydrogens (tertiary/aromatic N) is 1. The van der Waals surface area contributed by atoms with Gasteiger partial charge in [0, 0.05) is 24.5 Å². The Bertz CT molecular complexity index is 620. The summed E-state index contributed by atoms with van der Waals surface area (Å²) in [5.41, 5.74) is 2.79. The summed E-state index contributed by atoms with van der Waals surface area (Å²) in [4.78, 5) is 23.1. The van der Waals surface area contributed by atoms with Crippen LogP contribution in [0.3, 0.4) is 0 Å². The van der Waals surface area contributed by atoms with Gasteiger partial charge in [0.15, 0.2) is 0 Å². The van der Waals surface area contributed by atoms with Gasteiger partial charge in [-0.15, -0.1) is 0 Å². The van der Waals surface area contributed by atoms with Crippen LogP contribution in [0.5, 0.6) is 0 Å². The van der Waals surface area contributed by atoms with E-state index in [0.29, 0.717) is 16.9 Å². The molecule has 104 valence electrons. The fraction of sp³-hybridized carbons (Fsp3) is 0.214. The topological polar surface area (TPSA) is 86.9 Å². The van der Waals surface area contributed by atoms with Gasteiger partial charge in [-0.25, -0.2) is 0 Å². The van der Waals surface area contributed by atoms with Gasteiger partial charge >= 0.3 is 0 Å². The monoisotopic (exact) mass is 272 g/mol. The third-order valence-electron chi connectivity index (χ3n) is 2.82. The van der Waals surface area contributed by atoms with Crippen LogP contribution in [0.2, 0.25) is 0 Å². The van der Waals surface area contributed by atoms with Crippen molar-refractivity contribution in [3.8, 4) is 0 Å². The van der Waals surface area contributed by atoms with E-state index in [0.717, 1.165) is 12.0 Å². The number of carbonyl (C=O) groups is 2. The molecule has 3 N–H and O–H groups in total. The van der Waals surface area contributed by atoms with Crippen molar-refractivity contribution in [1.29, 1.82) is 0 Å². The van der Waals surface area contributed by atoms with Gasteiger partial charge in [-0.2, -0.15) is 5.10 Å². The predicted molar refractivity (Wildman–Crippen MR) is 76.7 cm³/mol. The minimum Gasteiger partial charge on any atom is -0.326 e. The molecule has 6 nitrogen and oxygen atoms in total. The molecule has 2 rings (SSSR count). The average molecular weight is 272 g/mol. The van der Waals surface area contributed by atoms with E-state index in [1.807, 2.05) is 19.1 Å². The van der Waals surface area contributed by atoms with E-state index in [1.54, 1.807) is 6.07 Å². The maximum absolute atomic E-state index is 12.0. The van der Waals surface area contributed by atoms with Gasteiger partial charge in [-0.05, 0) is 24.1 Å². The quantitative estimate of drug-likeness (QED) is 0.797. The molecule has 0 unspecified atom stereocenters. The Hall–Kier alpha value is -2.63. The minimum atomic E-state index is -0.242. The zero-order chi connectivity index (χ0) is 14.5. The third kappa shape index (κ3) is 3.23. The first-order chi connectivity index (χ1) is 9.60. The molecular weight excluding hydrogens is 256 g/mol. The summed E-state index contributed by atoms with van der Waals surface area (Å²) in [5, 5.41) is 11.9. The van der Waals surface area contributed by atoms with Crippen molar-refractivity contribution in [3.05, 3.63) is 41.7 Å². The van der Waals surface area contributed by atoms with Gasteiger partial charge in [0.2, 0.25) is 5.91 Å². The molecule has 0 saturated carbocycles. The summed E-state index contributed by atoms with van der Waals surface area (Å²) >= 11 is 0. The molecule has 2 aromatic rings. The third-order valence-corrected chi connectivity index (χ3v) is 2.82. The van der Waals surface area contributed by atoms with Gasteiger partial charge in [0.1, 0.15) is 0 Å². The van der Waals surface area contributed by atoms with Crippen LogP contribution in [0.1, 0.15) is 29.8 Å². The van der Waals surface area contributed by atoms with Crippen LogP contribution in [0.25, 0.3) is 0 Å². The van der Waals surface area contributed by atoms with Gasteiger partial charge in [0.05, 0.1) is 11.8 Å². The first-order valence-electron chi connectivity index (χ1n) is 6.30. The predicted octanol–water partition coefficient (Wildman–Crippen LogP) is 2.18. The van der Waals surface area contributed by atoms with Crippen LogP contribution in [0.15, 0.2) is 30.6 Å². The second-order valence-electron chi connectivity index (χ2n) is 4.35. The van der Waals surface area contributed by atoms with Crippen molar-refractivity contribution >= 4 is 23.2 Å². The molecule has 6 heteroatoms. The van der Waals surface area contributed by atoms with Crippen molar-refractivity contribution in [2.75, 3.05) is 10.6 Å². The van der Waals surface area contributed by atoms with Crippen LogP contribution >= 0.6 is 0 Å². The lowest BCUT2D eigenvalue weighted by atomic mass is 10.1. The average Bonchev–Trinajstić information content (AvgIpc) is 2.92. The zero-order valence-corrected chi connectivity index (χ0v) is 11.4. The summed E-state index contributed by atoms with van der Waals surface area (Å²) < 4.78 is 0. The molecule has 0 aliphatic rings. The molecule has 0 bridgehead atoms. The molecule has 1 aromatic heterocycles. The highest BCUT2D eigenvalue weighted by atomic mass is 16.2. The number of anilines is 2. The molecule has 0 radical (unpaired) electrons. The van der Waals surface area contributed by atoms with Crippen LogP contribution in [0.4, 0.5) is 11.4 Å². The maximum Gasteiger partial charge on any atom is 0.258 e. The second kappa shape index (κ2) is 6.01. The molecule has 1 aromatic carbocycles. The second-order valence-corrected chi connectivity index (χ2v) is 4.35. The number of hydrogen-bond acceptors (Lipinski definition) is 3. The van der Waals surface area contributed by atoms with Crippen molar-refractivity contribution < 1.29 is 9.59 Å². The van der Waals surface area contributed by atoms with E-state index in [2.05, 4.69) is 20.8 Å². The Labute approximate surface area is 116 Å². The van der Waals surface area contributed by atoms with Crippen LogP contribution < -0.4 is 10.6 Å². The number of amides is 2. The number of aromatic nitrogens is 2. The molecule has 1 heterocycles. The van der Waals surface area contributed by atoms with Crippen molar-refractivity contribution in [2.45, 2.75) is 20.3 Å². The summed E-state index contributed by atoms with van der Waals surface area (Å²) in [6, 6.07) is 5.45. The molecule has 0 atom stereocenters. The van der Waals surface area contributed by atoms with Crippen LogP contribution in [-0.4, -0.2) is 22.0 Å². The van der Waals surface area contributed by atoms with E-state index in [4.69, 9.17) is 0 Å². The molecule has 0 aliphatic heterocycles. The Morgan fingerprint density at radius 1 is 1.30 bits per heavy atom. The molecular formula is C14H16N4O2. The fourth-order valence-electron chi connectivity index (χ4n) is 1.85. The Kier molecular flexibility index (Phi) is 4.14.